The molecule has 0 fully saturated rings. The molecule has 70 valence electrons. The lowest BCUT2D eigenvalue weighted by Crippen LogP contribution is -1.73. The summed E-state index contributed by atoms with van der Waals surface area (Å²) in [5.41, 5.74) is 0. The molecule has 0 aromatic rings. The summed E-state index contributed by atoms with van der Waals surface area (Å²) in [6, 6.07) is 0. The van der Waals surface area contributed by atoms with Gasteiger partial charge in [0.05, 0.1) is 6.26 Å². The molecule has 0 heterocycles. The maximum atomic E-state index is 8.32. The van der Waals surface area contributed by atoms with Crippen LogP contribution in [0.3, 0.4) is 0 Å². The third-order valence-corrected chi connectivity index (χ3v) is 1.77. The minimum atomic E-state index is 0.851. The summed E-state index contributed by atoms with van der Waals surface area (Å²) < 4.78 is 0. The van der Waals surface area contributed by atoms with E-state index in [0.29, 0.717) is 0 Å². The van der Waals surface area contributed by atoms with E-state index in [4.69, 9.17) is 5.11 Å². The predicted molar refractivity (Wildman–Crippen MR) is 54.3 cm³/mol. The highest BCUT2D eigenvalue weighted by atomic mass is 16.2. The van der Waals surface area contributed by atoms with Gasteiger partial charge in [0.25, 0.3) is 0 Å². The van der Waals surface area contributed by atoms with Gasteiger partial charge in [-0.1, -0.05) is 38.3 Å². The molecule has 0 aliphatic carbocycles. The molecule has 0 unspecified atom stereocenters. The first-order valence-corrected chi connectivity index (χ1v) is 4.86. The molecule has 1 N–H and O–H groups in total. The number of hydrogen-bond donors (Lipinski definition) is 1. The van der Waals surface area contributed by atoms with Gasteiger partial charge in [-0.3, -0.25) is 0 Å². The molecule has 0 aliphatic rings. The fraction of sp³-hybridized carbons (Fsp3) is 0.636. The van der Waals surface area contributed by atoms with Crippen LogP contribution in [0.25, 0.3) is 0 Å². The van der Waals surface area contributed by atoms with Crippen molar-refractivity contribution >= 4 is 0 Å². The Balaban J connectivity index is 3.02. The van der Waals surface area contributed by atoms with Crippen molar-refractivity contribution in [2.24, 2.45) is 0 Å². The van der Waals surface area contributed by atoms with Gasteiger partial charge in [-0.2, -0.15) is 0 Å². The molecular weight excluding hydrogens is 148 g/mol. The summed E-state index contributed by atoms with van der Waals surface area (Å²) in [4.78, 5) is 0. The highest BCUT2D eigenvalue weighted by molar-refractivity contribution is 4.89. The van der Waals surface area contributed by atoms with Gasteiger partial charge in [0, 0.05) is 0 Å². The van der Waals surface area contributed by atoms with Gasteiger partial charge < -0.3 is 5.11 Å². The van der Waals surface area contributed by atoms with Crippen molar-refractivity contribution in [3.63, 3.8) is 0 Å². The molecule has 12 heavy (non-hydrogen) atoms. The minimum absolute atomic E-state index is 0.851. The molecule has 1 nitrogen and oxygen atoms in total. The van der Waals surface area contributed by atoms with Crippen LogP contribution in [0.1, 0.15) is 45.4 Å². The average molecular weight is 168 g/mol. The van der Waals surface area contributed by atoms with E-state index < -0.39 is 0 Å². The van der Waals surface area contributed by atoms with Crippen LogP contribution in [0.5, 0.6) is 0 Å². The van der Waals surface area contributed by atoms with E-state index in [1.165, 1.54) is 32.1 Å². The van der Waals surface area contributed by atoms with Gasteiger partial charge in [-0.05, 0) is 25.3 Å². The number of hydrogen-bond acceptors (Lipinski definition) is 1. The largest absolute Gasteiger partial charge is 0.516 e. The second-order valence-corrected chi connectivity index (χ2v) is 2.94. The van der Waals surface area contributed by atoms with E-state index in [1.807, 2.05) is 0 Å². The van der Waals surface area contributed by atoms with Gasteiger partial charge in [0.15, 0.2) is 0 Å². The molecule has 0 bridgehead atoms. The number of allylic oxidation sites excluding steroid dienone is 3. The summed E-state index contributed by atoms with van der Waals surface area (Å²) in [6.07, 6.45) is 14.5. The summed E-state index contributed by atoms with van der Waals surface area (Å²) in [6.45, 7) is 2.22. The van der Waals surface area contributed by atoms with Crippen LogP contribution in [-0.4, -0.2) is 5.11 Å². The van der Waals surface area contributed by atoms with Crippen LogP contribution in [0.2, 0.25) is 0 Å². The third-order valence-electron chi connectivity index (χ3n) is 1.77. The van der Waals surface area contributed by atoms with E-state index in [1.54, 1.807) is 6.08 Å². The lowest BCUT2D eigenvalue weighted by molar-refractivity contribution is 0.471. The highest BCUT2D eigenvalue weighted by Gasteiger charge is 1.83. The number of aliphatic hydroxyl groups is 1. The standard InChI is InChI=1S/C11H20O/c1-2-3-4-5-6-7-8-9-10-11-12/h7-8,10-12H,2-6,9H2,1H3/b8-7+,11-10+. The van der Waals surface area contributed by atoms with Gasteiger partial charge >= 0.3 is 0 Å². The van der Waals surface area contributed by atoms with Crippen molar-refractivity contribution in [2.45, 2.75) is 45.4 Å². The normalized spacial score (nSPS) is 11.8. The van der Waals surface area contributed by atoms with Crippen LogP contribution in [0.15, 0.2) is 24.5 Å². The number of rotatable bonds is 7. The van der Waals surface area contributed by atoms with Crippen LogP contribution < -0.4 is 0 Å². The van der Waals surface area contributed by atoms with Gasteiger partial charge in [0.2, 0.25) is 0 Å². The van der Waals surface area contributed by atoms with Crippen molar-refractivity contribution in [3.8, 4) is 0 Å². The van der Waals surface area contributed by atoms with Crippen LogP contribution >= 0.6 is 0 Å². The molecule has 0 saturated carbocycles. The molecule has 0 atom stereocenters. The average Bonchev–Trinajstić information content (AvgIpc) is 2.10. The summed E-state index contributed by atoms with van der Waals surface area (Å²) in [5.74, 6) is 0. The second kappa shape index (κ2) is 10.3. The summed E-state index contributed by atoms with van der Waals surface area (Å²) >= 11 is 0. The fourth-order valence-electron chi connectivity index (χ4n) is 1.04. The maximum absolute atomic E-state index is 8.32. The minimum Gasteiger partial charge on any atom is -0.516 e. The maximum Gasteiger partial charge on any atom is 0.0754 e. The Morgan fingerprint density at radius 3 is 2.50 bits per heavy atom. The molecule has 0 spiro atoms. The zero-order valence-corrected chi connectivity index (χ0v) is 8.00. The van der Waals surface area contributed by atoms with E-state index in [2.05, 4.69) is 19.1 Å². The molecule has 0 rings (SSSR count). The lowest BCUT2D eigenvalue weighted by Gasteiger charge is -1.93. The topological polar surface area (TPSA) is 20.2 Å². The third kappa shape index (κ3) is 9.28. The molecule has 0 aliphatic heterocycles. The first-order valence-electron chi connectivity index (χ1n) is 4.86. The molecule has 0 aromatic heterocycles. The van der Waals surface area contributed by atoms with Gasteiger partial charge in [-0.15, -0.1) is 0 Å². The Morgan fingerprint density at radius 1 is 1.00 bits per heavy atom. The lowest BCUT2D eigenvalue weighted by atomic mass is 10.1. The molecular formula is C11H20O. The number of aliphatic hydroxyl groups excluding tert-OH is 1. The first kappa shape index (κ1) is 11.3. The molecule has 0 aromatic carbocycles. The van der Waals surface area contributed by atoms with E-state index in [-0.39, 0.29) is 0 Å². The van der Waals surface area contributed by atoms with E-state index in [0.717, 1.165) is 12.7 Å². The first-order chi connectivity index (χ1) is 5.91. The highest BCUT2D eigenvalue weighted by Crippen LogP contribution is 2.03. The summed E-state index contributed by atoms with van der Waals surface area (Å²) in [7, 11) is 0. The van der Waals surface area contributed by atoms with Crippen molar-refractivity contribution in [1.29, 1.82) is 0 Å². The zero-order chi connectivity index (χ0) is 9.07. The van der Waals surface area contributed by atoms with Crippen molar-refractivity contribution in [3.05, 3.63) is 24.5 Å². The van der Waals surface area contributed by atoms with Crippen LogP contribution in [-0.2, 0) is 0 Å². The van der Waals surface area contributed by atoms with Gasteiger partial charge in [0.1, 0.15) is 0 Å². The molecule has 1 heteroatoms. The van der Waals surface area contributed by atoms with E-state index >= 15 is 0 Å². The Hall–Kier alpha value is -0.720. The summed E-state index contributed by atoms with van der Waals surface area (Å²) in [5, 5.41) is 8.32. The van der Waals surface area contributed by atoms with Crippen molar-refractivity contribution < 1.29 is 5.11 Å². The Kier molecular flexibility index (Phi) is 9.66. The predicted octanol–water partition coefficient (Wildman–Crippen LogP) is 3.97. The van der Waals surface area contributed by atoms with E-state index in [9.17, 15) is 0 Å². The molecule has 0 radical (unpaired) electrons. The fourth-order valence-corrected chi connectivity index (χ4v) is 1.04. The Morgan fingerprint density at radius 2 is 1.83 bits per heavy atom. The molecule has 0 amide bonds. The molecule has 0 saturated heterocycles. The zero-order valence-electron chi connectivity index (χ0n) is 8.00. The SMILES string of the molecule is CCCCCC/C=C/C/C=C/O. The van der Waals surface area contributed by atoms with Gasteiger partial charge in [-0.25, -0.2) is 0 Å². The van der Waals surface area contributed by atoms with Crippen LogP contribution in [0, 0.1) is 0 Å². The van der Waals surface area contributed by atoms with Crippen molar-refractivity contribution in [2.75, 3.05) is 0 Å². The number of unbranched alkanes of at least 4 members (excludes halogenated alkanes) is 4. The monoisotopic (exact) mass is 168 g/mol. The smallest absolute Gasteiger partial charge is 0.0754 e. The Labute approximate surface area is 75.8 Å². The Bertz CT molecular complexity index is 125. The quantitative estimate of drug-likeness (QED) is 0.346. The second-order valence-electron chi connectivity index (χ2n) is 2.94. The van der Waals surface area contributed by atoms with Crippen molar-refractivity contribution in [1.82, 2.24) is 0 Å². The van der Waals surface area contributed by atoms with Crippen LogP contribution in [0.4, 0.5) is 0 Å².